The van der Waals surface area contributed by atoms with E-state index in [2.05, 4.69) is 22.2 Å². The lowest BCUT2D eigenvalue weighted by molar-refractivity contribution is -0.127. The Hall–Kier alpha value is -1.17. The number of likely N-dealkylation sites (N-methyl/N-ethyl adjacent to an activating group) is 1. The lowest BCUT2D eigenvalue weighted by atomic mass is 10.2. The molecule has 0 aromatic carbocycles. The molecule has 20 heavy (non-hydrogen) atoms. The summed E-state index contributed by atoms with van der Waals surface area (Å²) in [5.74, 6) is 1.93. The molecule has 1 unspecified atom stereocenters. The molecule has 0 aliphatic carbocycles. The zero-order valence-corrected chi connectivity index (χ0v) is 13.6. The van der Waals surface area contributed by atoms with Gasteiger partial charge in [0.25, 0.3) is 0 Å². The maximum atomic E-state index is 11.6. The van der Waals surface area contributed by atoms with Gasteiger partial charge >= 0.3 is 0 Å². The first-order valence-corrected chi connectivity index (χ1v) is 8.02. The van der Waals surface area contributed by atoms with Crippen LogP contribution in [-0.4, -0.2) is 61.5 Å². The van der Waals surface area contributed by atoms with Crippen LogP contribution in [0.5, 0.6) is 0 Å². The number of nitrogens with one attached hydrogen (secondary N) is 2. The fraction of sp³-hybridized carbons (Fsp3) is 0.714. The van der Waals surface area contributed by atoms with E-state index in [1.807, 2.05) is 18.7 Å². The molecule has 114 valence electrons. The van der Waals surface area contributed by atoms with Crippen molar-refractivity contribution in [3.05, 3.63) is 12.2 Å². The Bertz CT molecular complexity index is 362. The maximum Gasteiger partial charge on any atom is 0.243 e. The molecule has 2 N–H and O–H groups in total. The highest BCUT2D eigenvalue weighted by Crippen LogP contribution is 2.25. The largest absolute Gasteiger partial charge is 0.355 e. The lowest BCUT2D eigenvalue weighted by Gasteiger charge is -2.16. The highest BCUT2D eigenvalue weighted by atomic mass is 32.2. The van der Waals surface area contributed by atoms with Gasteiger partial charge in [0, 0.05) is 32.4 Å². The smallest absolute Gasteiger partial charge is 0.243 e. The second-order valence-electron chi connectivity index (χ2n) is 5.28. The molecule has 1 saturated heterocycles. The van der Waals surface area contributed by atoms with Gasteiger partial charge in [0.05, 0.1) is 0 Å². The molecule has 1 rings (SSSR count). The number of guanidine groups is 1. The Balaban J connectivity index is 2.46. The van der Waals surface area contributed by atoms with Crippen molar-refractivity contribution in [3.63, 3.8) is 0 Å². The van der Waals surface area contributed by atoms with E-state index in [1.165, 1.54) is 18.6 Å². The van der Waals surface area contributed by atoms with Crippen LogP contribution in [0, 0.1) is 0 Å². The highest BCUT2D eigenvalue weighted by Gasteiger charge is 2.15. The first-order valence-electron chi connectivity index (χ1n) is 6.97. The SMILES string of the molecule is C=C(C)CNC(=NCC(=O)N(C)C)NCC1CCCS1. The van der Waals surface area contributed by atoms with Crippen LogP contribution in [0.15, 0.2) is 17.1 Å². The molecular formula is C14H26N4OS. The Kier molecular flexibility index (Phi) is 7.51. The molecule has 0 aromatic heterocycles. The third-order valence-electron chi connectivity index (χ3n) is 2.95. The molecule has 5 nitrogen and oxygen atoms in total. The third-order valence-corrected chi connectivity index (χ3v) is 4.35. The number of aliphatic imine (C=N–C) groups is 1. The number of hydrogen-bond acceptors (Lipinski definition) is 3. The summed E-state index contributed by atoms with van der Waals surface area (Å²) in [6.07, 6.45) is 2.55. The van der Waals surface area contributed by atoms with E-state index in [1.54, 1.807) is 19.0 Å². The minimum absolute atomic E-state index is 0.00309. The normalized spacial score (nSPS) is 18.8. The van der Waals surface area contributed by atoms with Crippen molar-refractivity contribution < 1.29 is 4.79 Å². The monoisotopic (exact) mass is 298 g/mol. The Morgan fingerprint density at radius 3 is 2.75 bits per heavy atom. The Labute approximate surface area is 126 Å². The highest BCUT2D eigenvalue weighted by molar-refractivity contribution is 8.00. The maximum absolute atomic E-state index is 11.6. The van der Waals surface area contributed by atoms with Gasteiger partial charge in [0.2, 0.25) is 5.91 Å². The van der Waals surface area contributed by atoms with Gasteiger partial charge in [0.1, 0.15) is 6.54 Å². The number of amides is 1. The molecule has 6 heteroatoms. The Morgan fingerprint density at radius 1 is 1.45 bits per heavy atom. The van der Waals surface area contributed by atoms with Crippen LogP contribution in [0.1, 0.15) is 19.8 Å². The van der Waals surface area contributed by atoms with Gasteiger partial charge in [0.15, 0.2) is 5.96 Å². The molecule has 1 aliphatic rings. The molecule has 0 aromatic rings. The van der Waals surface area contributed by atoms with E-state index in [0.29, 0.717) is 17.8 Å². The molecular weight excluding hydrogens is 272 g/mol. The predicted molar refractivity (Wildman–Crippen MR) is 87.3 cm³/mol. The van der Waals surface area contributed by atoms with Crippen LogP contribution < -0.4 is 10.6 Å². The fourth-order valence-corrected chi connectivity index (χ4v) is 2.91. The molecule has 1 atom stereocenters. The fourth-order valence-electron chi connectivity index (χ4n) is 1.71. The van der Waals surface area contributed by atoms with Gasteiger partial charge in [-0.25, -0.2) is 4.99 Å². The molecule has 0 saturated carbocycles. The zero-order valence-electron chi connectivity index (χ0n) is 12.7. The number of carbonyl (C=O) groups is 1. The summed E-state index contributed by atoms with van der Waals surface area (Å²) in [4.78, 5) is 17.5. The van der Waals surface area contributed by atoms with E-state index >= 15 is 0 Å². The summed E-state index contributed by atoms with van der Waals surface area (Å²) in [5, 5.41) is 7.16. The molecule has 1 aliphatic heterocycles. The summed E-state index contributed by atoms with van der Waals surface area (Å²) in [6.45, 7) is 7.55. The average molecular weight is 298 g/mol. The summed E-state index contributed by atoms with van der Waals surface area (Å²) in [5.41, 5.74) is 1.04. The Morgan fingerprint density at radius 2 is 2.20 bits per heavy atom. The van der Waals surface area contributed by atoms with Gasteiger partial charge in [-0.05, 0) is 25.5 Å². The predicted octanol–water partition coefficient (Wildman–Crippen LogP) is 1.08. The zero-order chi connectivity index (χ0) is 15.0. The second kappa shape index (κ2) is 8.89. The van der Waals surface area contributed by atoms with E-state index in [4.69, 9.17) is 0 Å². The lowest BCUT2D eigenvalue weighted by Crippen LogP contribution is -2.41. The van der Waals surface area contributed by atoms with Crippen molar-refractivity contribution in [2.24, 2.45) is 4.99 Å². The second-order valence-corrected chi connectivity index (χ2v) is 6.69. The topological polar surface area (TPSA) is 56.7 Å². The van der Waals surface area contributed by atoms with Crippen molar-refractivity contribution in [1.82, 2.24) is 15.5 Å². The standard InChI is InChI=1S/C14H26N4OS/c1-11(2)8-15-14(17-10-13(19)18(3)4)16-9-12-6-5-7-20-12/h12H,1,5-10H2,2-4H3,(H2,15,16,17). The van der Waals surface area contributed by atoms with Gasteiger partial charge in [-0.3, -0.25) is 4.79 Å². The van der Waals surface area contributed by atoms with Crippen LogP contribution in [0.4, 0.5) is 0 Å². The molecule has 0 radical (unpaired) electrons. The van der Waals surface area contributed by atoms with Crippen LogP contribution in [0.2, 0.25) is 0 Å². The summed E-state index contributed by atoms with van der Waals surface area (Å²) < 4.78 is 0. The first-order chi connectivity index (χ1) is 9.49. The van der Waals surface area contributed by atoms with Gasteiger partial charge in [-0.2, -0.15) is 11.8 Å². The number of nitrogens with zero attached hydrogens (tertiary/aromatic N) is 2. The number of carbonyl (C=O) groups excluding carboxylic acids is 1. The molecule has 0 bridgehead atoms. The van der Waals surface area contributed by atoms with Crippen molar-refractivity contribution in [1.29, 1.82) is 0 Å². The molecule has 1 heterocycles. The van der Waals surface area contributed by atoms with E-state index < -0.39 is 0 Å². The molecule has 0 spiro atoms. The van der Waals surface area contributed by atoms with Crippen LogP contribution in [-0.2, 0) is 4.79 Å². The first kappa shape index (κ1) is 16.9. The summed E-state index contributed by atoms with van der Waals surface area (Å²) >= 11 is 2.00. The molecule has 1 amide bonds. The van der Waals surface area contributed by atoms with Crippen LogP contribution >= 0.6 is 11.8 Å². The number of thioether (sulfide) groups is 1. The van der Waals surface area contributed by atoms with Crippen molar-refractivity contribution in [3.8, 4) is 0 Å². The van der Waals surface area contributed by atoms with E-state index in [0.717, 1.165) is 12.1 Å². The molecule has 1 fully saturated rings. The summed E-state index contributed by atoms with van der Waals surface area (Å²) in [6, 6.07) is 0. The van der Waals surface area contributed by atoms with Gasteiger partial charge < -0.3 is 15.5 Å². The minimum atomic E-state index is -0.00309. The number of rotatable bonds is 6. The van der Waals surface area contributed by atoms with Crippen molar-refractivity contribution in [2.45, 2.75) is 25.0 Å². The van der Waals surface area contributed by atoms with Crippen molar-refractivity contribution in [2.75, 3.05) is 39.5 Å². The third kappa shape index (κ3) is 6.84. The van der Waals surface area contributed by atoms with Crippen LogP contribution in [0.3, 0.4) is 0 Å². The van der Waals surface area contributed by atoms with E-state index in [9.17, 15) is 4.79 Å². The average Bonchev–Trinajstić information content (AvgIpc) is 2.90. The minimum Gasteiger partial charge on any atom is -0.355 e. The number of hydrogen-bond donors (Lipinski definition) is 2. The summed E-state index contributed by atoms with van der Waals surface area (Å²) in [7, 11) is 3.48. The quantitative estimate of drug-likeness (QED) is 0.438. The van der Waals surface area contributed by atoms with Gasteiger partial charge in [-0.15, -0.1) is 0 Å². The van der Waals surface area contributed by atoms with Crippen molar-refractivity contribution >= 4 is 23.6 Å². The van der Waals surface area contributed by atoms with E-state index in [-0.39, 0.29) is 12.5 Å². The van der Waals surface area contributed by atoms with Crippen LogP contribution in [0.25, 0.3) is 0 Å². The van der Waals surface area contributed by atoms with Gasteiger partial charge in [-0.1, -0.05) is 12.2 Å².